The Morgan fingerprint density at radius 3 is 2.32 bits per heavy atom. The summed E-state index contributed by atoms with van der Waals surface area (Å²) in [6, 6.07) is 8.48. The van der Waals surface area contributed by atoms with Crippen molar-refractivity contribution in [2.75, 3.05) is 13.1 Å². The zero-order valence-corrected chi connectivity index (χ0v) is 10.6. The lowest BCUT2D eigenvalue weighted by atomic mass is 10.0. The van der Waals surface area contributed by atoms with Crippen LogP contribution in [0.25, 0.3) is 0 Å². The van der Waals surface area contributed by atoms with Gasteiger partial charge in [0, 0.05) is 31.5 Å². The maximum atomic E-state index is 12.2. The summed E-state index contributed by atoms with van der Waals surface area (Å²) in [6.07, 6.45) is 0.944. The lowest BCUT2D eigenvalue weighted by Gasteiger charge is -2.28. The molecule has 1 aliphatic rings. The summed E-state index contributed by atoms with van der Waals surface area (Å²) in [5, 5.41) is 8.71. The molecule has 0 spiro atoms. The standard InChI is InChI=1S/C15H14N2O2/c1-11(17-8-6-14(18)7-9-17)15(19)13-4-2-12(10-16)3-5-13/h2-5H,1,6-9H2. The fourth-order valence-corrected chi connectivity index (χ4v) is 2.03. The van der Waals surface area contributed by atoms with E-state index in [0.717, 1.165) is 0 Å². The Bertz CT molecular complexity index is 557. The second-order valence-corrected chi connectivity index (χ2v) is 4.49. The van der Waals surface area contributed by atoms with Crippen LogP contribution in [0.4, 0.5) is 0 Å². The Labute approximate surface area is 111 Å². The van der Waals surface area contributed by atoms with Crippen molar-refractivity contribution < 1.29 is 9.59 Å². The van der Waals surface area contributed by atoms with Gasteiger partial charge in [0.1, 0.15) is 5.78 Å². The van der Waals surface area contributed by atoms with E-state index in [-0.39, 0.29) is 11.6 Å². The fraction of sp³-hybridized carbons (Fsp3) is 0.267. The van der Waals surface area contributed by atoms with Crippen molar-refractivity contribution in [1.82, 2.24) is 4.90 Å². The van der Waals surface area contributed by atoms with E-state index >= 15 is 0 Å². The highest BCUT2D eigenvalue weighted by Gasteiger charge is 2.21. The number of nitriles is 1. The highest BCUT2D eigenvalue weighted by atomic mass is 16.1. The molecule has 0 atom stereocenters. The van der Waals surface area contributed by atoms with E-state index in [0.29, 0.717) is 42.8 Å². The highest BCUT2D eigenvalue weighted by molar-refractivity contribution is 6.08. The molecule has 0 N–H and O–H groups in total. The van der Waals surface area contributed by atoms with E-state index in [4.69, 9.17) is 5.26 Å². The predicted molar refractivity (Wildman–Crippen MR) is 70.4 cm³/mol. The number of rotatable bonds is 3. The minimum absolute atomic E-state index is 0.154. The van der Waals surface area contributed by atoms with Gasteiger partial charge in [-0.3, -0.25) is 9.59 Å². The summed E-state index contributed by atoms with van der Waals surface area (Å²) >= 11 is 0. The number of Topliss-reactive ketones (excluding diaryl/α,β-unsaturated/α-hetero) is 2. The number of allylic oxidation sites excluding steroid dienone is 1. The normalized spacial score (nSPS) is 14.9. The molecule has 19 heavy (non-hydrogen) atoms. The van der Waals surface area contributed by atoms with Crippen molar-refractivity contribution in [3.63, 3.8) is 0 Å². The second-order valence-electron chi connectivity index (χ2n) is 4.49. The number of nitrogens with zero attached hydrogens (tertiary/aromatic N) is 2. The van der Waals surface area contributed by atoms with Crippen LogP contribution < -0.4 is 0 Å². The molecule has 1 aliphatic heterocycles. The molecular formula is C15H14N2O2. The molecule has 0 amide bonds. The van der Waals surface area contributed by atoms with Gasteiger partial charge in [-0.25, -0.2) is 0 Å². The van der Waals surface area contributed by atoms with Crippen LogP contribution >= 0.6 is 0 Å². The summed E-state index contributed by atoms with van der Waals surface area (Å²) < 4.78 is 0. The number of likely N-dealkylation sites (tertiary alicyclic amines) is 1. The molecule has 1 fully saturated rings. The molecule has 2 rings (SSSR count). The predicted octanol–water partition coefficient (Wildman–Crippen LogP) is 1.92. The van der Waals surface area contributed by atoms with Crippen LogP contribution in [0.2, 0.25) is 0 Å². The van der Waals surface area contributed by atoms with Crippen molar-refractivity contribution in [3.05, 3.63) is 47.7 Å². The molecule has 1 aromatic carbocycles. The molecule has 4 heteroatoms. The molecule has 0 saturated carbocycles. The molecule has 1 heterocycles. The van der Waals surface area contributed by atoms with Crippen molar-refractivity contribution in [2.24, 2.45) is 0 Å². The van der Waals surface area contributed by atoms with Gasteiger partial charge in [-0.1, -0.05) is 6.58 Å². The first-order valence-corrected chi connectivity index (χ1v) is 6.12. The van der Waals surface area contributed by atoms with Crippen LogP contribution in [-0.4, -0.2) is 29.6 Å². The minimum atomic E-state index is -0.154. The molecule has 1 aromatic rings. The van der Waals surface area contributed by atoms with Gasteiger partial charge in [0.15, 0.2) is 0 Å². The van der Waals surface area contributed by atoms with Gasteiger partial charge in [-0.15, -0.1) is 0 Å². The Hall–Kier alpha value is -2.41. The largest absolute Gasteiger partial charge is 0.368 e. The number of piperidine rings is 1. The van der Waals surface area contributed by atoms with E-state index in [1.807, 2.05) is 11.0 Å². The Balaban J connectivity index is 2.08. The molecule has 0 unspecified atom stereocenters. The maximum absolute atomic E-state index is 12.2. The van der Waals surface area contributed by atoms with Gasteiger partial charge < -0.3 is 4.90 Å². The van der Waals surface area contributed by atoms with Crippen molar-refractivity contribution in [1.29, 1.82) is 5.26 Å². The van der Waals surface area contributed by atoms with E-state index in [2.05, 4.69) is 6.58 Å². The third-order valence-corrected chi connectivity index (χ3v) is 3.24. The summed E-state index contributed by atoms with van der Waals surface area (Å²) in [5.74, 6) is 0.0775. The highest BCUT2D eigenvalue weighted by Crippen LogP contribution is 2.16. The SMILES string of the molecule is C=C(C(=O)c1ccc(C#N)cc1)N1CCC(=O)CC1. The molecule has 1 saturated heterocycles. The average Bonchev–Trinajstić information content (AvgIpc) is 2.46. The van der Waals surface area contributed by atoms with E-state index in [9.17, 15) is 9.59 Å². The number of ketones is 2. The minimum Gasteiger partial charge on any atom is -0.368 e. The summed E-state index contributed by atoms with van der Waals surface area (Å²) in [6.45, 7) is 4.93. The lowest BCUT2D eigenvalue weighted by Crippen LogP contribution is -2.35. The van der Waals surface area contributed by atoms with E-state index < -0.39 is 0 Å². The quantitative estimate of drug-likeness (QED) is 0.610. The van der Waals surface area contributed by atoms with Crippen molar-refractivity contribution in [2.45, 2.75) is 12.8 Å². The van der Waals surface area contributed by atoms with Crippen LogP contribution in [-0.2, 0) is 4.79 Å². The van der Waals surface area contributed by atoms with Gasteiger partial charge in [0.25, 0.3) is 0 Å². The summed E-state index contributed by atoms with van der Waals surface area (Å²) in [7, 11) is 0. The van der Waals surface area contributed by atoms with Crippen LogP contribution in [0.1, 0.15) is 28.8 Å². The second kappa shape index (κ2) is 5.49. The van der Waals surface area contributed by atoms with Crippen molar-refractivity contribution in [3.8, 4) is 6.07 Å². The summed E-state index contributed by atoms with van der Waals surface area (Å²) in [4.78, 5) is 25.2. The molecule has 0 aliphatic carbocycles. The maximum Gasteiger partial charge on any atom is 0.208 e. The number of carbonyl (C=O) groups excluding carboxylic acids is 2. The average molecular weight is 254 g/mol. The monoisotopic (exact) mass is 254 g/mol. The first-order valence-electron chi connectivity index (χ1n) is 6.12. The van der Waals surface area contributed by atoms with Gasteiger partial charge in [-0.2, -0.15) is 5.26 Å². The topological polar surface area (TPSA) is 61.2 Å². The van der Waals surface area contributed by atoms with Crippen LogP contribution in [0.5, 0.6) is 0 Å². The van der Waals surface area contributed by atoms with Crippen molar-refractivity contribution >= 4 is 11.6 Å². The molecule has 0 radical (unpaired) electrons. The van der Waals surface area contributed by atoms with Gasteiger partial charge in [-0.05, 0) is 24.3 Å². The number of hydrogen-bond acceptors (Lipinski definition) is 4. The Morgan fingerprint density at radius 2 is 1.79 bits per heavy atom. The number of benzene rings is 1. The smallest absolute Gasteiger partial charge is 0.208 e. The third kappa shape index (κ3) is 2.89. The first kappa shape index (κ1) is 13.0. The summed E-state index contributed by atoms with van der Waals surface area (Å²) in [5.41, 5.74) is 1.45. The van der Waals surface area contributed by atoms with Gasteiger partial charge in [0.2, 0.25) is 5.78 Å². The van der Waals surface area contributed by atoms with Gasteiger partial charge >= 0.3 is 0 Å². The number of carbonyl (C=O) groups is 2. The van der Waals surface area contributed by atoms with Crippen LogP contribution in [0, 0.1) is 11.3 Å². The van der Waals surface area contributed by atoms with Gasteiger partial charge in [0.05, 0.1) is 17.3 Å². The molecule has 0 aromatic heterocycles. The van der Waals surface area contributed by atoms with Crippen LogP contribution in [0.15, 0.2) is 36.5 Å². The molecule has 0 bridgehead atoms. The molecule has 4 nitrogen and oxygen atoms in total. The number of hydrogen-bond donors (Lipinski definition) is 0. The Morgan fingerprint density at radius 1 is 1.21 bits per heavy atom. The zero-order valence-electron chi connectivity index (χ0n) is 10.6. The lowest BCUT2D eigenvalue weighted by molar-refractivity contribution is -0.121. The van der Waals surface area contributed by atoms with Crippen LogP contribution in [0.3, 0.4) is 0 Å². The molecular weight excluding hydrogens is 240 g/mol. The zero-order chi connectivity index (χ0) is 13.8. The third-order valence-electron chi connectivity index (χ3n) is 3.24. The molecule has 96 valence electrons. The van der Waals surface area contributed by atoms with E-state index in [1.165, 1.54) is 0 Å². The first-order chi connectivity index (χ1) is 9.11. The fourth-order valence-electron chi connectivity index (χ4n) is 2.03. The van der Waals surface area contributed by atoms with E-state index in [1.54, 1.807) is 24.3 Å². The Kier molecular flexibility index (Phi) is 3.76.